The van der Waals surface area contributed by atoms with Gasteiger partial charge in [-0.1, -0.05) is 24.6 Å². The van der Waals surface area contributed by atoms with Gasteiger partial charge in [-0.3, -0.25) is 9.78 Å². The zero-order chi connectivity index (χ0) is 15.1. The quantitative estimate of drug-likeness (QED) is 0.773. The largest absolute Gasteiger partial charge is 0.356 e. The van der Waals surface area contributed by atoms with E-state index in [4.69, 9.17) is 11.6 Å². The number of carbonyl (C=O) groups is 1. The highest BCUT2D eigenvalue weighted by atomic mass is 35.5. The number of hydrogen-bond acceptors (Lipinski definition) is 3. The fraction of sp³-hybridized carbons (Fsp3) is 0.375. The Kier molecular flexibility index (Phi) is 5.96. The standard InChI is InChI=1S/C16H20ClN3O/c1-2-8-19-15(21)7-10-18-11-12-5-6-14(17)13-4-3-9-20-16(12)13/h3-6,9,18H,2,7-8,10-11H2,1H3,(H,19,21). The van der Waals surface area contributed by atoms with E-state index in [0.717, 1.165) is 29.4 Å². The third kappa shape index (κ3) is 4.41. The molecule has 4 nitrogen and oxygen atoms in total. The van der Waals surface area contributed by atoms with Gasteiger partial charge in [0.2, 0.25) is 5.91 Å². The summed E-state index contributed by atoms with van der Waals surface area (Å²) in [5, 5.41) is 7.80. The number of benzene rings is 1. The Labute approximate surface area is 129 Å². The highest BCUT2D eigenvalue weighted by Gasteiger charge is 2.05. The third-order valence-electron chi connectivity index (χ3n) is 3.22. The van der Waals surface area contributed by atoms with Crippen molar-refractivity contribution in [2.75, 3.05) is 13.1 Å². The van der Waals surface area contributed by atoms with Crippen LogP contribution in [0.1, 0.15) is 25.3 Å². The zero-order valence-electron chi connectivity index (χ0n) is 12.2. The summed E-state index contributed by atoms with van der Waals surface area (Å²) in [4.78, 5) is 15.9. The summed E-state index contributed by atoms with van der Waals surface area (Å²) < 4.78 is 0. The maximum absolute atomic E-state index is 11.5. The lowest BCUT2D eigenvalue weighted by Crippen LogP contribution is -2.28. The highest BCUT2D eigenvalue weighted by Crippen LogP contribution is 2.24. The van der Waals surface area contributed by atoms with E-state index in [1.807, 2.05) is 31.2 Å². The molecular weight excluding hydrogens is 286 g/mol. The fourth-order valence-corrected chi connectivity index (χ4v) is 2.33. The smallest absolute Gasteiger partial charge is 0.221 e. The second-order valence-corrected chi connectivity index (χ2v) is 5.29. The Morgan fingerprint density at radius 2 is 2.14 bits per heavy atom. The molecule has 0 aliphatic rings. The molecule has 1 aromatic heterocycles. The van der Waals surface area contributed by atoms with E-state index < -0.39 is 0 Å². The summed E-state index contributed by atoms with van der Waals surface area (Å²) in [5.41, 5.74) is 2.00. The average Bonchev–Trinajstić information content (AvgIpc) is 2.51. The lowest BCUT2D eigenvalue weighted by molar-refractivity contribution is -0.120. The minimum atomic E-state index is 0.0865. The fourth-order valence-electron chi connectivity index (χ4n) is 2.12. The molecule has 2 rings (SSSR count). The number of nitrogens with one attached hydrogen (secondary N) is 2. The molecule has 0 radical (unpaired) electrons. The predicted octanol–water partition coefficient (Wildman–Crippen LogP) is 2.89. The Morgan fingerprint density at radius 3 is 2.95 bits per heavy atom. The molecule has 0 aliphatic carbocycles. The first kappa shape index (κ1) is 15.7. The summed E-state index contributed by atoms with van der Waals surface area (Å²) >= 11 is 6.17. The number of amides is 1. The summed E-state index contributed by atoms with van der Waals surface area (Å²) in [5.74, 6) is 0.0865. The molecule has 2 N–H and O–H groups in total. The van der Waals surface area contributed by atoms with E-state index in [2.05, 4.69) is 15.6 Å². The van der Waals surface area contributed by atoms with Crippen molar-refractivity contribution in [1.29, 1.82) is 0 Å². The maximum Gasteiger partial charge on any atom is 0.221 e. The molecule has 5 heteroatoms. The van der Waals surface area contributed by atoms with Gasteiger partial charge in [0.15, 0.2) is 0 Å². The number of rotatable bonds is 7. The summed E-state index contributed by atoms with van der Waals surface area (Å²) in [7, 11) is 0. The molecule has 0 saturated heterocycles. The van der Waals surface area contributed by atoms with E-state index >= 15 is 0 Å². The van der Waals surface area contributed by atoms with Crippen LogP contribution in [0.2, 0.25) is 5.02 Å². The highest BCUT2D eigenvalue weighted by molar-refractivity contribution is 6.35. The van der Waals surface area contributed by atoms with Gasteiger partial charge in [-0.05, 0) is 30.2 Å². The normalized spacial score (nSPS) is 10.8. The second-order valence-electron chi connectivity index (χ2n) is 4.88. The minimum absolute atomic E-state index is 0.0865. The first-order valence-corrected chi connectivity index (χ1v) is 7.59. The van der Waals surface area contributed by atoms with Crippen molar-refractivity contribution in [2.24, 2.45) is 0 Å². The van der Waals surface area contributed by atoms with Crippen LogP contribution in [-0.4, -0.2) is 24.0 Å². The van der Waals surface area contributed by atoms with Gasteiger partial charge in [-0.2, -0.15) is 0 Å². The maximum atomic E-state index is 11.5. The average molecular weight is 306 g/mol. The molecule has 0 atom stereocenters. The van der Waals surface area contributed by atoms with Gasteiger partial charge >= 0.3 is 0 Å². The van der Waals surface area contributed by atoms with Crippen molar-refractivity contribution < 1.29 is 4.79 Å². The van der Waals surface area contributed by atoms with Crippen LogP contribution >= 0.6 is 11.6 Å². The van der Waals surface area contributed by atoms with Gasteiger partial charge in [0, 0.05) is 42.7 Å². The Hall–Kier alpha value is -1.65. The van der Waals surface area contributed by atoms with Crippen LogP contribution in [0, 0.1) is 0 Å². The topological polar surface area (TPSA) is 54.0 Å². The van der Waals surface area contributed by atoms with Gasteiger partial charge in [-0.25, -0.2) is 0 Å². The van der Waals surface area contributed by atoms with Crippen LogP contribution in [0.4, 0.5) is 0 Å². The van der Waals surface area contributed by atoms with Crippen LogP contribution in [-0.2, 0) is 11.3 Å². The van der Waals surface area contributed by atoms with Crippen molar-refractivity contribution >= 4 is 28.4 Å². The number of nitrogens with zero attached hydrogens (tertiary/aromatic N) is 1. The van der Waals surface area contributed by atoms with Crippen LogP contribution in [0.15, 0.2) is 30.5 Å². The summed E-state index contributed by atoms with van der Waals surface area (Å²) in [6, 6.07) is 7.70. The SMILES string of the molecule is CCCNC(=O)CCNCc1ccc(Cl)c2cccnc12. The molecule has 0 aliphatic heterocycles. The number of carbonyl (C=O) groups excluding carboxylic acids is 1. The molecule has 0 bridgehead atoms. The number of aromatic nitrogens is 1. The lowest BCUT2D eigenvalue weighted by Gasteiger charge is -2.09. The lowest BCUT2D eigenvalue weighted by atomic mass is 10.1. The van der Waals surface area contributed by atoms with Gasteiger partial charge in [0.25, 0.3) is 0 Å². The van der Waals surface area contributed by atoms with E-state index in [0.29, 0.717) is 24.5 Å². The van der Waals surface area contributed by atoms with Gasteiger partial charge in [-0.15, -0.1) is 0 Å². The molecule has 21 heavy (non-hydrogen) atoms. The van der Waals surface area contributed by atoms with Gasteiger partial charge in [0.1, 0.15) is 0 Å². The van der Waals surface area contributed by atoms with Crippen LogP contribution < -0.4 is 10.6 Å². The van der Waals surface area contributed by atoms with Crippen molar-refractivity contribution in [1.82, 2.24) is 15.6 Å². The number of fused-ring (bicyclic) bond motifs is 1. The molecule has 1 heterocycles. The number of halogens is 1. The third-order valence-corrected chi connectivity index (χ3v) is 3.55. The van der Waals surface area contributed by atoms with Crippen LogP contribution in [0.3, 0.4) is 0 Å². The summed E-state index contributed by atoms with van der Waals surface area (Å²) in [6.45, 7) is 4.10. The molecule has 0 spiro atoms. The molecule has 112 valence electrons. The van der Waals surface area contributed by atoms with Crippen molar-refractivity contribution in [3.05, 3.63) is 41.0 Å². The van der Waals surface area contributed by atoms with Crippen molar-refractivity contribution in [3.63, 3.8) is 0 Å². The number of hydrogen-bond donors (Lipinski definition) is 2. The molecule has 1 amide bonds. The Bertz CT molecular complexity index is 615. The van der Waals surface area contributed by atoms with Crippen molar-refractivity contribution in [2.45, 2.75) is 26.3 Å². The number of pyridine rings is 1. The molecule has 0 fully saturated rings. The first-order chi connectivity index (χ1) is 10.2. The Balaban J connectivity index is 1.90. The van der Waals surface area contributed by atoms with Gasteiger partial charge in [0.05, 0.1) is 5.52 Å². The Morgan fingerprint density at radius 1 is 1.29 bits per heavy atom. The van der Waals surface area contributed by atoms with E-state index in [1.54, 1.807) is 6.20 Å². The van der Waals surface area contributed by atoms with Crippen LogP contribution in [0.5, 0.6) is 0 Å². The van der Waals surface area contributed by atoms with Crippen molar-refractivity contribution in [3.8, 4) is 0 Å². The first-order valence-electron chi connectivity index (χ1n) is 7.22. The molecule has 0 unspecified atom stereocenters. The van der Waals surface area contributed by atoms with Crippen LogP contribution in [0.25, 0.3) is 10.9 Å². The molecule has 2 aromatic rings. The zero-order valence-corrected chi connectivity index (χ0v) is 12.9. The van der Waals surface area contributed by atoms with E-state index in [9.17, 15) is 4.79 Å². The van der Waals surface area contributed by atoms with Gasteiger partial charge < -0.3 is 10.6 Å². The molecule has 1 aromatic carbocycles. The van der Waals surface area contributed by atoms with E-state index in [1.165, 1.54) is 0 Å². The summed E-state index contributed by atoms with van der Waals surface area (Å²) in [6.07, 6.45) is 3.21. The predicted molar refractivity (Wildman–Crippen MR) is 86.4 cm³/mol. The second kappa shape index (κ2) is 7.96. The monoisotopic (exact) mass is 305 g/mol. The van der Waals surface area contributed by atoms with E-state index in [-0.39, 0.29) is 5.91 Å². The molecule has 0 saturated carbocycles. The minimum Gasteiger partial charge on any atom is -0.356 e. The molecular formula is C16H20ClN3O.